The van der Waals surface area contributed by atoms with Crippen molar-refractivity contribution < 1.29 is 9.59 Å². The summed E-state index contributed by atoms with van der Waals surface area (Å²) in [6.07, 6.45) is 5.01. The molecule has 1 aromatic carbocycles. The Labute approximate surface area is 173 Å². The smallest absolute Gasteiger partial charge is 0.227 e. The zero-order valence-electron chi connectivity index (χ0n) is 16.1. The van der Waals surface area contributed by atoms with Crippen LogP contribution in [0.4, 0.5) is 5.69 Å². The fourth-order valence-corrected chi connectivity index (χ4v) is 4.30. The molecule has 2 amide bonds. The lowest BCUT2D eigenvalue weighted by molar-refractivity contribution is -0.123. The van der Waals surface area contributed by atoms with Crippen LogP contribution in [0.2, 0.25) is 0 Å². The summed E-state index contributed by atoms with van der Waals surface area (Å²) in [6.45, 7) is 1.92. The lowest BCUT2D eigenvalue weighted by atomic mass is 9.89. The fraction of sp³-hybridized carbons (Fsp3) is 0.273. The molecule has 3 aromatic rings. The van der Waals surface area contributed by atoms with Gasteiger partial charge in [-0.1, -0.05) is 18.2 Å². The minimum Gasteiger partial charge on any atom is -0.347 e. The molecule has 2 atom stereocenters. The second kappa shape index (κ2) is 8.53. The molecule has 4 rings (SSSR count). The van der Waals surface area contributed by atoms with Gasteiger partial charge in [0.25, 0.3) is 0 Å². The molecule has 1 aliphatic heterocycles. The number of pyridine rings is 1. The predicted molar refractivity (Wildman–Crippen MR) is 113 cm³/mol. The van der Waals surface area contributed by atoms with E-state index in [9.17, 15) is 9.59 Å². The van der Waals surface area contributed by atoms with Crippen LogP contribution in [0.1, 0.15) is 36.4 Å². The minimum atomic E-state index is -0.182. The average molecular weight is 407 g/mol. The lowest BCUT2D eigenvalue weighted by Crippen LogP contribution is -2.32. The van der Waals surface area contributed by atoms with Gasteiger partial charge in [-0.15, -0.1) is 11.3 Å². The van der Waals surface area contributed by atoms with E-state index in [2.05, 4.69) is 20.6 Å². The first kappa shape index (κ1) is 19.3. The highest BCUT2D eigenvalue weighted by molar-refractivity contribution is 7.10. The zero-order chi connectivity index (χ0) is 20.2. The lowest BCUT2D eigenvalue weighted by Gasteiger charge is -2.24. The molecule has 0 spiro atoms. The normalized spacial score (nSPS) is 16.6. The molecule has 1 aliphatic rings. The van der Waals surface area contributed by atoms with Gasteiger partial charge in [0.1, 0.15) is 5.01 Å². The van der Waals surface area contributed by atoms with Gasteiger partial charge in [0.2, 0.25) is 11.8 Å². The molecule has 2 aromatic heterocycles. The van der Waals surface area contributed by atoms with Crippen molar-refractivity contribution in [2.24, 2.45) is 5.92 Å². The van der Waals surface area contributed by atoms with Crippen LogP contribution in [-0.4, -0.2) is 21.8 Å². The molecule has 29 heavy (non-hydrogen) atoms. The summed E-state index contributed by atoms with van der Waals surface area (Å²) in [5.74, 6) is -0.254. The number of amides is 2. The summed E-state index contributed by atoms with van der Waals surface area (Å²) in [5.41, 5.74) is 3.81. The number of hydrogen-bond acceptors (Lipinski definition) is 5. The maximum absolute atomic E-state index is 12.4. The van der Waals surface area contributed by atoms with Crippen molar-refractivity contribution in [1.29, 1.82) is 0 Å². The van der Waals surface area contributed by atoms with Gasteiger partial charge in [-0.25, -0.2) is 4.98 Å². The Bertz CT molecular complexity index is 1020. The van der Waals surface area contributed by atoms with Crippen molar-refractivity contribution in [1.82, 2.24) is 15.3 Å². The monoisotopic (exact) mass is 406 g/mol. The van der Waals surface area contributed by atoms with Crippen molar-refractivity contribution in [2.75, 3.05) is 5.32 Å². The van der Waals surface area contributed by atoms with E-state index in [0.29, 0.717) is 19.3 Å². The van der Waals surface area contributed by atoms with Crippen LogP contribution < -0.4 is 10.6 Å². The molecule has 0 saturated carbocycles. The third kappa shape index (κ3) is 4.51. The highest BCUT2D eigenvalue weighted by Gasteiger charge is 2.26. The third-order valence-electron chi connectivity index (χ3n) is 5.06. The molecule has 6 nitrogen and oxygen atoms in total. The van der Waals surface area contributed by atoms with Crippen LogP contribution in [0.5, 0.6) is 0 Å². The number of anilines is 1. The Kier molecular flexibility index (Phi) is 5.67. The van der Waals surface area contributed by atoms with Gasteiger partial charge in [-0.3, -0.25) is 14.6 Å². The van der Waals surface area contributed by atoms with Crippen molar-refractivity contribution in [2.45, 2.75) is 32.2 Å². The summed E-state index contributed by atoms with van der Waals surface area (Å²) in [6, 6.07) is 11.5. The molecule has 2 N–H and O–H groups in total. The van der Waals surface area contributed by atoms with Gasteiger partial charge in [0.05, 0.1) is 11.7 Å². The molecular formula is C22H22N4O2S. The average Bonchev–Trinajstić information content (AvgIpc) is 3.23. The number of nitrogens with zero attached hydrogens (tertiary/aromatic N) is 2. The maximum atomic E-state index is 12.4. The van der Waals surface area contributed by atoms with E-state index in [0.717, 1.165) is 27.5 Å². The van der Waals surface area contributed by atoms with E-state index in [1.165, 1.54) is 11.3 Å². The first-order valence-electron chi connectivity index (χ1n) is 9.64. The molecule has 0 radical (unpaired) electrons. The third-order valence-corrected chi connectivity index (χ3v) is 6.09. The molecule has 0 aliphatic carbocycles. The first-order valence-corrected chi connectivity index (χ1v) is 10.5. The van der Waals surface area contributed by atoms with Crippen molar-refractivity contribution in [3.8, 4) is 11.3 Å². The highest BCUT2D eigenvalue weighted by Crippen LogP contribution is 2.28. The number of fused-ring (bicyclic) bond motifs is 1. The second-order valence-electron chi connectivity index (χ2n) is 7.19. The summed E-state index contributed by atoms with van der Waals surface area (Å²) >= 11 is 1.52. The number of para-hydroxylation sites is 1. The van der Waals surface area contributed by atoms with Crippen LogP contribution >= 0.6 is 11.3 Å². The van der Waals surface area contributed by atoms with E-state index in [1.54, 1.807) is 12.4 Å². The molecule has 148 valence electrons. The van der Waals surface area contributed by atoms with Gasteiger partial charge in [-0.05, 0) is 43.5 Å². The fourth-order valence-electron chi connectivity index (χ4n) is 3.46. The SMILES string of the molecule is CC(NC(=O)CCC1Cc2ccccc2NC1=O)c1nc(-c2cccnc2)cs1. The number of rotatable bonds is 6. The maximum Gasteiger partial charge on any atom is 0.227 e. The van der Waals surface area contributed by atoms with Crippen molar-refractivity contribution >= 4 is 28.8 Å². The number of benzene rings is 1. The Morgan fingerprint density at radius 3 is 3.00 bits per heavy atom. The standard InChI is InChI=1S/C22H22N4O2S/c1-14(22-26-19(13-29-22)17-6-4-10-23-12-17)24-20(27)9-8-16-11-15-5-2-3-7-18(15)25-21(16)28/h2-7,10,12-14,16H,8-9,11H2,1H3,(H,24,27)(H,25,28). The summed E-state index contributed by atoms with van der Waals surface area (Å²) in [5, 5.41) is 8.75. The van der Waals surface area contributed by atoms with E-state index >= 15 is 0 Å². The van der Waals surface area contributed by atoms with Crippen LogP contribution in [0, 0.1) is 5.92 Å². The Balaban J connectivity index is 1.31. The Morgan fingerprint density at radius 2 is 2.17 bits per heavy atom. The summed E-state index contributed by atoms with van der Waals surface area (Å²) in [7, 11) is 0. The van der Waals surface area contributed by atoms with E-state index < -0.39 is 0 Å². The van der Waals surface area contributed by atoms with Crippen LogP contribution in [0.15, 0.2) is 54.2 Å². The first-order chi connectivity index (χ1) is 14.1. The number of hydrogen-bond donors (Lipinski definition) is 2. The van der Waals surface area contributed by atoms with Gasteiger partial charge in [0, 0.05) is 41.4 Å². The number of thiazole rings is 1. The predicted octanol–water partition coefficient (Wildman–Crippen LogP) is 3.97. The van der Waals surface area contributed by atoms with Gasteiger partial charge < -0.3 is 10.6 Å². The second-order valence-corrected chi connectivity index (χ2v) is 8.08. The molecular weight excluding hydrogens is 384 g/mol. The quantitative estimate of drug-likeness (QED) is 0.649. The van der Waals surface area contributed by atoms with Crippen molar-refractivity contribution in [3.63, 3.8) is 0 Å². The minimum absolute atomic E-state index is 0.00872. The van der Waals surface area contributed by atoms with E-state index in [-0.39, 0.29) is 23.8 Å². The van der Waals surface area contributed by atoms with E-state index in [4.69, 9.17) is 0 Å². The molecule has 2 unspecified atom stereocenters. The summed E-state index contributed by atoms with van der Waals surface area (Å²) < 4.78 is 0. The highest BCUT2D eigenvalue weighted by atomic mass is 32.1. The largest absolute Gasteiger partial charge is 0.347 e. The van der Waals surface area contributed by atoms with E-state index in [1.807, 2.05) is 48.7 Å². The van der Waals surface area contributed by atoms with Gasteiger partial charge in [-0.2, -0.15) is 0 Å². The van der Waals surface area contributed by atoms with Gasteiger partial charge >= 0.3 is 0 Å². The van der Waals surface area contributed by atoms with Crippen LogP contribution in [0.3, 0.4) is 0 Å². The molecule has 0 fully saturated rings. The molecule has 7 heteroatoms. The zero-order valence-corrected chi connectivity index (χ0v) is 16.9. The summed E-state index contributed by atoms with van der Waals surface area (Å²) in [4.78, 5) is 33.5. The number of nitrogens with one attached hydrogen (secondary N) is 2. The Hall–Kier alpha value is -3.06. The number of aromatic nitrogens is 2. The number of carbonyl (C=O) groups is 2. The van der Waals surface area contributed by atoms with Crippen LogP contribution in [-0.2, 0) is 16.0 Å². The Morgan fingerprint density at radius 1 is 1.31 bits per heavy atom. The van der Waals surface area contributed by atoms with Crippen LogP contribution in [0.25, 0.3) is 11.3 Å². The molecule has 3 heterocycles. The van der Waals surface area contributed by atoms with Crippen molar-refractivity contribution in [3.05, 3.63) is 64.7 Å². The van der Waals surface area contributed by atoms with Gasteiger partial charge in [0.15, 0.2) is 0 Å². The topological polar surface area (TPSA) is 84.0 Å². The molecule has 0 bridgehead atoms. The molecule has 0 saturated heterocycles. The number of carbonyl (C=O) groups excluding carboxylic acids is 2.